The first-order valence-electron chi connectivity index (χ1n) is 1.63. The Morgan fingerprint density at radius 2 is 2.50 bits per heavy atom. The molecule has 0 heterocycles. The fourth-order valence-electron chi connectivity index (χ4n) is 0.107. The van der Waals surface area contributed by atoms with E-state index in [2.05, 4.69) is 5.16 Å². The topological polar surface area (TPSA) is 32.6 Å². The van der Waals surface area contributed by atoms with Gasteiger partial charge in [0.05, 0.1) is 0 Å². The summed E-state index contributed by atoms with van der Waals surface area (Å²) < 4.78 is 0. The van der Waals surface area contributed by atoms with Gasteiger partial charge in [0.1, 0.15) is 0 Å². The molecule has 0 spiro atoms. The summed E-state index contributed by atoms with van der Waals surface area (Å²) in [4.78, 5) is 0. The van der Waals surface area contributed by atoms with Gasteiger partial charge < -0.3 is 5.21 Å². The molecule has 0 aliphatic carbocycles. The molecular weight excluding hydrogens is 101 g/mol. The lowest BCUT2D eigenvalue weighted by Crippen LogP contribution is -1.72. The van der Waals surface area contributed by atoms with E-state index in [1.165, 1.54) is 6.21 Å². The molecule has 0 bridgehead atoms. The first-order chi connectivity index (χ1) is 2.91. The lowest BCUT2D eigenvalue weighted by molar-refractivity contribution is 0.320. The Balaban J connectivity index is 2.66. The zero-order chi connectivity index (χ0) is 4.83. The number of hydrogen-bond donors (Lipinski definition) is 1. The Hall–Kier alpha value is -0.240. The molecule has 0 radical (unpaired) electrons. The van der Waals surface area contributed by atoms with Crippen molar-refractivity contribution in [3.63, 3.8) is 0 Å². The smallest absolute Gasteiger partial charge is 0.0447 e. The third kappa shape index (κ3) is 3.76. The van der Waals surface area contributed by atoms with Gasteiger partial charge in [-0.15, -0.1) is 16.8 Å². The van der Waals surface area contributed by atoms with Crippen LogP contribution in [0.25, 0.3) is 0 Å². The lowest BCUT2D eigenvalue weighted by Gasteiger charge is -1.73. The molecule has 0 aromatic carbocycles. The second kappa shape index (κ2) is 4.76. The number of nitrogens with zero attached hydrogens (tertiary/aromatic N) is 1. The molecule has 0 aromatic heterocycles. The number of oxime groups is 1. The van der Waals surface area contributed by atoms with Gasteiger partial charge in [-0.05, 0) is 6.42 Å². The van der Waals surface area contributed by atoms with Crippen LogP contribution in [0.2, 0.25) is 0 Å². The number of hydrogen-bond acceptors (Lipinski definition) is 2. The number of rotatable bonds is 2. The van der Waals surface area contributed by atoms with Crippen LogP contribution in [0.5, 0.6) is 0 Å². The molecule has 0 fully saturated rings. The molecule has 0 aromatic rings. The van der Waals surface area contributed by atoms with E-state index < -0.39 is 0 Å². The zero-order valence-corrected chi connectivity index (χ0v) is 4.02. The summed E-state index contributed by atoms with van der Waals surface area (Å²) in [6, 6.07) is 0. The van der Waals surface area contributed by atoms with Crippen molar-refractivity contribution in [1.29, 1.82) is 0 Å². The van der Waals surface area contributed by atoms with Crippen LogP contribution < -0.4 is 0 Å². The normalized spacial score (nSPS) is 10.2. The van der Waals surface area contributed by atoms with E-state index in [9.17, 15) is 0 Å². The van der Waals surface area contributed by atoms with Crippen molar-refractivity contribution in [2.24, 2.45) is 5.16 Å². The maximum atomic E-state index is 7.71. The zero-order valence-electron chi connectivity index (χ0n) is 3.26. The molecule has 1 N–H and O–H groups in total. The van der Waals surface area contributed by atoms with Gasteiger partial charge >= 0.3 is 0 Å². The SMILES string of the molecule is ON=CCCCl. The highest BCUT2D eigenvalue weighted by Gasteiger charge is 1.69. The minimum absolute atomic E-state index is 0.518. The maximum Gasteiger partial charge on any atom is 0.0447 e. The summed E-state index contributed by atoms with van der Waals surface area (Å²) in [7, 11) is 0. The average Bonchev–Trinajstić information content (AvgIpc) is 1.61. The highest BCUT2D eigenvalue weighted by Crippen LogP contribution is 1.76. The molecule has 6 heavy (non-hydrogen) atoms. The van der Waals surface area contributed by atoms with Gasteiger partial charge in [0.25, 0.3) is 0 Å². The molecular formula is C3H6ClNO. The Morgan fingerprint density at radius 3 is 2.67 bits per heavy atom. The second-order valence-corrected chi connectivity index (χ2v) is 1.15. The van der Waals surface area contributed by atoms with E-state index in [1.54, 1.807) is 0 Å². The summed E-state index contributed by atoms with van der Waals surface area (Å²) in [5.41, 5.74) is 0. The van der Waals surface area contributed by atoms with Gasteiger partial charge in [-0.1, -0.05) is 0 Å². The summed E-state index contributed by atoms with van der Waals surface area (Å²) in [5.74, 6) is 0.518. The van der Waals surface area contributed by atoms with Crippen LogP contribution in [0.3, 0.4) is 0 Å². The van der Waals surface area contributed by atoms with Crippen molar-refractivity contribution >= 4 is 17.8 Å². The van der Waals surface area contributed by atoms with E-state index >= 15 is 0 Å². The van der Waals surface area contributed by atoms with E-state index in [0.29, 0.717) is 12.3 Å². The van der Waals surface area contributed by atoms with Gasteiger partial charge in [-0.2, -0.15) is 0 Å². The predicted molar refractivity (Wildman–Crippen MR) is 25.6 cm³/mol. The van der Waals surface area contributed by atoms with Gasteiger partial charge in [0.15, 0.2) is 0 Å². The quantitative estimate of drug-likeness (QED) is 0.244. The van der Waals surface area contributed by atoms with Crippen molar-refractivity contribution in [3.8, 4) is 0 Å². The molecule has 36 valence electrons. The molecule has 0 rings (SSSR count). The molecule has 0 saturated heterocycles. The summed E-state index contributed by atoms with van der Waals surface area (Å²) in [5, 5.41) is 10.4. The maximum absolute atomic E-state index is 7.71. The van der Waals surface area contributed by atoms with E-state index in [-0.39, 0.29) is 0 Å². The molecule has 0 aliphatic rings. The van der Waals surface area contributed by atoms with Crippen LogP contribution in [0.1, 0.15) is 6.42 Å². The summed E-state index contributed by atoms with van der Waals surface area (Å²) >= 11 is 5.18. The van der Waals surface area contributed by atoms with E-state index in [1.807, 2.05) is 0 Å². The molecule has 2 nitrogen and oxygen atoms in total. The number of alkyl halides is 1. The highest BCUT2D eigenvalue weighted by atomic mass is 35.5. The van der Waals surface area contributed by atoms with Crippen molar-refractivity contribution < 1.29 is 5.21 Å². The third-order valence-electron chi connectivity index (χ3n) is 0.320. The van der Waals surface area contributed by atoms with Gasteiger partial charge in [-0.3, -0.25) is 0 Å². The summed E-state index contributed by atoms with van der Waals surface area (Å²) in [6.07, 6.45) is 1.99. The van der Waals surface area contributed by atoms with Gasteiger partial charge in [-0.25, -0.2) is 0 Å². The Labute approximate surface area is 41.4 Å². The Bertz CT molecular complexity index is 46.1. The lowest BCUT2D eigenvalue weighted by atomic mass is 10.5. The van der Waals surface area contributed by atoms with Crippen molar-refractivity contribution in [1.82, 2.24) is 0 Å². The van der Waals surface area contributed by atoms with Crippen LogP contribution in [0.15, 0.2) is 5.16 Å². The van der Waals surface area contributed by atoms with Crippen molar-refractivity contribution in [2.45, 2.75) is 6.42 Å². The molecule has 3 heteroatoms. The first-order valence-corrected chi connectivity index (χ1v) is 2.17. The monoisotopic (exact) mass is 107 g/mol. The second-order valence-electron chi connectivity index (χ2n) is 0.776. The van der Waals surface area contributed by atoms with E-state index in [4.69, 9.17) is 16.8 Å². The van der Waals surface area contributed by atoms with E-state index in [0.717, 1.165) is 0 Å². The molecule has 0 aliphatic heterocycles. The minimum Gasteiger partial charge on any atom is -0.411 e. The molecule has 0 saturated carbocycles. The fourth-order valence-corrected chi connectivity index (χ4v) is 0.204. The predicted octanol–water partition coefficient (Wildman–Crippen LogP) is 1.08. The van der Waals surface area contributed by atoms with Crippen molar-refractivity contribution in [3.05, 3.63) is 0 Å². The number of halogens is 1. The molecule has 0 atom stereocenters. The Kier molecular flexibility index (Phi) is 4.57. The van der Waals surface area contributed by atoms with Crippen LogP contribution in [-0.4, -0.2) is 17.3 Å². The summed E-state index contributed by atoms with van der Waals surface area (Å²) in [6.45, 7) is 0. The van der Waals surface area contributed by atoms with Crippen molar-refractivity contribution in [2.75, 3.05) is 5.88 Å². The molecule has 0 unspecified atom stereocenters. The van der Waals surface area contributed by atoms with Crippen LogP contribution in [0, 0.1) is 0 Å². The van der Waals surface area contributed by atoms with Crippen LogP contribution >= 0.6 is 11.6 Å². The minimum atomic E-state index is 0.518. The van der Waals surface area contributed by atoms with Crippen LogP contribution in [-0.2, 0) is 0 Å². The van der Waals surface area contributed by atoms with Gasteiger partial charge in [0.2, 0.25) is 0 Å². The standard InChI is InChI=1S/C3H6ClNO/c4-2-1-3-5-6/h3,6H,1-2H2. The average molecular weight is 108 g/mol. The van der Waals surface area contributed by atoms with Gasteiger partial charge in [0, 0.05) is 12.1 Å². The molecule has 0 amide bonds. The fraction of sp³-hybridized carbons (Fsp3) is 0.667. The third-order valence-corrected chi connectivity index (χ3v) is 0.538. The Morgan fingerprint density at radius 1 is 1.83 bits per heavy atom. The van der Waals surface area contributed by atoms with Crippen LogP contribution in [0.4, 0.5) is 0 Å². The largest absolute Gasteiger partial charge is 0.411 e. The first kappa shape index (κ1) is 5.76. The highest BCUT2D eigenvalue weighted by molar-refractivity contribution is 6.18.